The van der Waals surface area contributed by atoms with E-state index >= 15 is 0 Å². The molecule has 0 aliphatic rings. The zero-order valence-corrected chi connectivity index (χ0v) is 22.0. The van der Waals surface area contributed by atoms with Gasteiger partial charge in [0.25, 0.3) is 0 Å². The van der Waals surface area contributed by atoms with E-state index in [4.69, 9.17) is 0 Å². The van der Waals surface area contributed by atoms with Crippen molar-refractivity contribution in [3.8, 4) is 5.69 Å². The van der Waals surface area contributed by atoms with E-state index in [-0.39, 0.29) is 0 Å². The maximum atomic E-state index is 4.03. The molecule has 2 heteroatoms. The molecule has 2 nitrogen and oxygen atoms in total. The summed E-state index contributed by atoms with van der Waals surface area (Å²) in [6, 6.07) is 44.7. The third-order valence-electron chi connectivity index (χ3n) is 7.14. The average Bonchev–Trinajstić information content (AvgIpc) is 3.32. The van der Waals surface area contributed by atoms with Gasteiger partial charge >= 0.3 is 0 Å². The van der Waals surface area contributed by atoms with Crippen molar-refractivity contribution < 1.29 is 0 Å². The van der Waals surface area contributed by atoms with Crippen molar-refractivity contribution >= 4 is 44.3 Å². The normalized spacial score (nSPS) is 12.1. The molecule has 0 fully saturated rings. The Morgan fingerprint density at radius 1 is 0.615 bits per heavy atom. The molecule has 0 radical (unpaired) electrons. The van der Waals surface area contributed by atoms with Crippen LogP contribution in [0.3, 0.4) is 0 Å². The minimum absolute atomic E-state index is 1.07. The van der Waals surface area contributed by atoms with E-state index in [0.29, 0.717) is 0 Å². The first-order chi connectivity index (χ1) is 19.2. The smallest absolute Gasteiger partial charge is 0.0542 e. The Morgan fingerprint density at radius 3 is 1.92 bits per heavy atom. The van der Waals surface area contributed by atoms with Crippen LogP contribution in [0.1, 0.15) is 18.1 Å². The molecule has 1 N–H and O–H groups in total. The quantitative estimate of drug-likeness (QED) is 0.215. The number of allylic oxidation sites excluding steroid dienone is 5. The van der Waals surface area contributed by atoms with Crippen LogP contribution >= 0.6 is 0 Å². The highest BCUT2D eigenvalue weighted by atomic mass is 15.0. The zero-order valence-electron chi connectivity index (χ0n) is 22.0. The molecular formula is C37H30N2. The van der Waals surface area contributed by atoms with E-state index in [1.54, 1.807) is 0 Å². The second-order valence-electron chi connectivity index (χ2n) is 9.67. The fourth-order valence-electron chi connectivity index (χ4n) is 5.11. The lowest BCUT2D eigenvalue weighted by Crippen LogP contribution is -1.94. The predicted molar refractivity (Wildman–Crippen MR) is 169 cm³/mol. The van der Waals surface area contributed by atoms with Crippen LogP contribution in [0.15, 0.2) is 152 Å². The van der Waals surface area contributed by atoms with Crippen molar-refractivity contribution in [1.29, 1.82) is 0 Å². The van der Waals surface area contributed by atoms with Gasteiger partial charge in [-0.05, 0) is 83.8 Å². The van der Waals surface area contributed by atoms with Crippen molar-refractivity contribution in [3.63, 3.8) is 0 Å². The van der Waals surface area contributed by atoms with Crippen LogP contribution in [-0.2, 0) is 0 Å². The van der Waals surface area contributed by atoms with Gasteiger partial charge in [0, 0.05) is 27.8 Å². The molecule has 1 heterocycles. The summed E-state index contributed by atoms with van der Waals surface area (Å²) < 4.78 is 2.35. The molecular weight excluding hydrogens is 472 g/mol. The molecule has 0 amide bonds. The fraction of sp³-hybridized carbons (Fsp3) is 0.0270. The minimum atomic E-state index is 1.07. The molecule has 0 spiro atoms. The highest BCUT2D eigenvalue weighted by molar-refractivity contribution is 6.11. The Hall–Kier alpha value is -5.08. The summed E-state index contributed by atoms with van der Waals surface area (Å²) in [4.78, 5) is 0. The van der Waals surface area contributed by atoms with Crippen LogP contribution in [-0.4, -0.2) is 4.57 Å². The van der Waals surface area contributed by atoms with E-state index in [9.17, 15) is 0 Å². The number of hydrogen-bond acceptors (Lipinski definition) is 1. The second-order valence-corrected chi connectivity index (χ2v) is 9.67. The van der Waals surface area contributed by atoms with Gasteiger partial charge in [-0.3, -0.25) is 0 Å². The zero-order chi connectivity index (χ0) is 26.6. The largest absolute Gasteiger partial charge is 0.356 e. The summed E-state index contributed by atoms with van der Waals surface area (Å²) in [7, 11) is 0. The van der Waals surface area contributed by atoms with E-state index < -0.39 is 0 Å². The number of para-hydroxylation sites is 2. The molecule has 0 aliphatic heterocycles. The molecule has 0 atom stereocenters. The van der Waals surface area contributed by atoms with Crippen LogP contribution < -0.4 is 5.32 Å². The van der Waals surface area contributed by atoms with Crippen LogP contribution in [0.5, 0.6) is 0 Å². The Kier molecular flexibility index (Phi) is 6.67. The van der Waals surface area contributed by atoms with Gasteiger partial charge in [-0.1, -0.05) is 97.6 Å². The molecule has 1 aromatic heterocycles. The van der Waals surface area contributed by atoms with Gasteiger partial charge in [0.2, 0.25) is 0 Å². The Balaban J connectivity index is 1.48. The Labute approximate surface area is 229 Å². The van der Waals surface area contributed by atoms with Crippen molar-refractivity contribution in [3.05, 3.63) is 163 Å². The molecule has 39 heavy (non-hydrogen) atoms. The summed E-state index contributed by atoms with van der Waals surface area (Å²) in [6.45, 7) is 6.20. The first-order valence-corrected chi connectivity index (χ1v) is 13.2. The van der Waals surface area contributed by atoms with Crippen LogP contribution in [0.2, 0.25) is 0 Å². The maximum absolute atomic E-state index is 4.03. The molecule has 0 saturated heterocycles. The summed E-state index contributed by atoms with van der Waals surface area (Å²) in [6.07, 6.45) is 6.25. The number of rotatable bonds is 7. The van der Waals surface area contributed by atoms with Crippen molar-refractivity contribution in [2.45, 2.75) is 6.92 Å². The van der Waals surface area contributed by atoms with E-state index in [2.05, 4.69) is 139 Å². The van der Waals surface area contributed by atoms with Crippen LogP contribution in [0.4, 0.5) is 11.4 Å². The lowest BCUT2D eigenvalue weighted by molar-refractivity contribution is 1.18. The topological polar surface area (TPSA) is 17.0 Å². The lowest BCUT2D eigenvalue weighted by atomic mass is 10.0. The summed E-state index contributed by atoms with van der Waals surface area (Å²) in [5, 5.41) is 6.01. The molecule has 0 bridgehead atoms. The lowest BCUT2D eigenvalue weighted by Gasteiger charge is -2.09. The average molecular weight is 503 g/mol. The number of hydrogen-bond donors (Lipinski definition) is 1. The van der Waals surface area contributed by atoms with Crippen molar-refractivity contribution in [2.75, 3.05) is 5.32 Å². The molecule has 0 saturated carbocycles. The fourth-order valence-corrected chi connectivity index (χ4v) is 5.11. The van der Waals surface area contributed by atoms with Gasteiger partial charge in [0.1, 0.15) is 0 Å². The predicted octanol–water partition coefficient (Wildman–Crippen LogP) is 10.2. The maximum Gasteiger partial charge on any atom is 0.0542 e. The summed E-state index contributed by atoms with van der Waals surface area (Å²) in [5.41, 5.74) is 10.3. The van der Waals surface area contributed by atoms with E-state index in [1.807, 2.05) is 30.3 Å². The Morgan fingerprint density at radius 2 is 1.23 bits per heavy atom. The van der Waals surface area contributed by atoms with Crippen LogP contribution in [0, 0.1) is 0 Å². The van der Waals surface area contributed by atoms with Gasteiger partial charge in [-0.2, -0.15) is 0 Å². The van der Waals surface area contributed by atoms with Gasteiger partial charge in [0.15, 0.2) is 0 Å². The molecule has 6 aromatic rings. The first kappa shape index (κ1) is 24.3. The van der Waals surface area contributed by atoms with Crippen molar-refractivity contribution in [1.82, 2.24) is 4.57 Å². The van der Waals surface area contributed by atoms with E-state index in [1.165, 1.54) is 32.9 Å². The highest BCUT2D eigenvalue weighted by Crippen LogP contribution is 2.36. The molecule has 5 aromatic carbocycles. The summed E-state index contributed by atoms with van der Waals surface area (Å²) in [5.74, 6) is 0. The number of nitrogens with zero attached hydrogens (tertiary/aromatic N) is 1. The standard InChI is InChI=1S/C37H30N2/c1-3-28(29-13-7-4-8-14-29)20-19-27(2)30-21-23-36-34(25-30)35-26-32(38-31-15-9-5-10-16-31)22-24-37(35)39(36)33-17-11-6-12-18-33/h3-26,38H,1H2,2H3/b27-19+,28-20+. The monoisotopic (exact) mass is 502 g/mol. The first-order valence-electron chi connectivity index (χ1n) is 13.2. The van der Waals surface area contributed by atoms with Gasteiger partial charge in [-0.15, -0.1) is 0 Å². The number of nitrogens with one attached hydrogen (secondary N) is 1. The molecule has 188 valence electrons. The van der Waals surface area contributed by atoms with Gasteiger partial charge in [-0.25, -0.2) is 0 Å². The highest BCUT2D eigenvalue weighted by Gasteiger charge is 2.14. The SMILES string of the molecule is C=C/C(=C\C=C(/C)c1ccc2c(c1)c1cc(Nc3ccccc3)ccc1n2-c1ccccc1)c1ccccc1. The third-order valence-corrected chi connectivity index (χ3v) is 7.14. The third kappa shape index (κ3) is 4.93. The number of aromatic nitrogens is 1. The molecule has 0 unspecified atom stereocenters. The second kappa shape index (κ2) is 10.7. The number of anilines is 2. The minimum Gasteiger partial charge on any atom is -0.356 e. The summed E-state index contributed by atoms with van der Waals surface area (Å²) >= 11 is 0. The van der Waals surface area contributed by atoms with Gasteiger partial charge in [0.05, 0.1) is 11.0 Å². The Bertz CT molecular complexity index is 1820. The van der Waals surface area contributed by atoms with E-state index in [0.717, 1.165) is 28.2 Å². The van der Waals surface area contributed by atoms with Crippen molar-refractivity contribution in [2.24, 2.45) is 0 Å². The van der Waals surface area contributed by atoms with Crippen LogP contribution in [0.25, 0.3) is 38.6 Å². The van der Waals surface area contributed by atoms with Gasteiger partial charge < -0.3 is 9.88 Å². The number of fused-ring (bicyclic) bond motifs is 3. The number of benzene rings is 5. The molecule has 0 aliphatic carbocycles. The molecule has 6 rings (SSSR count).